The minimum Gasteiger partial charge on any atom is -0.490 e. The van der Waals surface area contributed by atoms with Gasteiger partial charge in [0.15, 0.2) is 0 Å². The monoisotopic (exact) mass is 282 g/mol. The first-order chi connectivity index (χ1) is 8.99. The molecule has 0 radical (unpaired) electrons. The Hall–Kier alpha value is -1.03. The van der Waals surface area contributed by atoms with Gasteiger partial charge in [0.25, 0.3) is 0 Å². The van der Waals surface area contributed by atoms with Gasteiger partial charge in [0.05, 0.1) is 11.4 Å². The molecule has 1 aliphatic rings. The predicted octanol–water partition coefficient (Wildman–Crippen LogP) is 2.98. The first kappa shape index (κ1) is 14.4. The van der Waals surface area contributed by atoms with Gasteiger partial charge in [0.1, 0.15) is 15.6 Å². The molecule has 4 heteroatoms. The van der Waals surface area contributed by atoms with Crippen LogP contribution in [0.2, 0.25) is 0 Å². The smallest absolute Gasteiger partial charge is 0.150 e. The van der Waals surface area contributed by atoms with Crippen LogP contribution in [0.1, 0.15) is 38.2 Å². The molecule has 1 aromatic carbocycles. The Kier molecular flexibility index (Phi) is 4.50. The van der Waals surface area contributed by atoms with Crippen LogP contribution in [-0.4, -0.2) is 26.0 Å². The molecule has 1 aliphatic carbocycles. The Morgan fingerprint density at radius 1 is 1.21 bits per heavy atom. The molecule has 0 amide bonds. The van der Waals surface area contributed by atoms with E-state index in [9.17, 15) is 8.42 Å². The van der Waals surface area contributed by atoms with Gasteiger partial charge in [-0.05, 0) is 43.4 Å². The van der Waals surface area contributed by atoms with Gasteiger partial charge >= 0.3 is 0 Å². The molecular formula is C15H22O3S. The molecule has 1 fully saturated rings. The summed E-state index contributed by atoms with van der Waals surface area (Å²) in [6.45, 7) is 2.12. The van der Waals surface area contributed by atoms with E-state index in [1.165, 1.54) is 11.8 Å². The van der Waals surface area contributed by atoms with Crippen molar-refractivity contribution >= 4 is 9.84 Å². The highest BCUT2D eigenvalue weighted by atomic mass is 32.2. The maximum atomic E-state index is 11.6. The summed E-state index contributed by atoms with van der Waals surface area (Å²) in [5.41, 5.74) is 1.28. The lowest BCUT2D eigenvalue weighted by molar-refractivity contribution is 0.156. The molecule has 2 unspecified atom stereocenters. The summed E-state index contributed by atoms with van der Waals surface area (Å²) >= 11 is 0. The van der Waals surface area contributed by atoms with E-state index in [0.717, 1.165) is 31.4 Å². The summed E-state index contributed by atoms with van der Waals surface area (Å²) in [6, 6.07) is 8.07. The SMILES string of the molecule is CCc1ccc(OC2CCCC(S(C)(=O)=O)C2)cc1. The number of benzene rings is 1. The van der Waals surface area contributed by atoms with Gasteiger partial charge in [-0.25, -0.2) is 8.42 Å². The topological polar surface area (TPSA) is 43.4 Å². The van der Waals surface area contributed by atoms with Crippen LogP contribution >= 0.6 is 0 Å². The molecule has 3 nitrogen and oxygen atoms in total. The van der Waals surface area contributed by atoms with Crippen LogP contribution in [-0.2, 0) is 16.3 Å². The summed E-state index contributed by atoms with van der Waals surface area (Å²) in [7, 11) is -2.94. The van der Waals surface area contributed by atoms with Crippen LogP contribution in [0.3, 0.4) is 0 Å². The summed E-state index contributed by atoms with van der Waals surface area (Å²) < 4.78 is 29.1. The molecule has 0 spiro atoms. The second-order valence-corrected chi connectivity index (χ2v) is 7.68. The van der Waals surface area contributed by atoms with Gasteiger partial charge in [-0.2, -0.15) is 0 Å². The summed E-state index contributed by atoms with van der Waals surface area (Å²) in [5.74, 6) is 0.844. The van der Waals surface area contributed by atoms with Gasteiger partial charge in [-0.15, -0.1) is 0 Å². The van der Waals surface area contributed by atoms with Crippen LogP contribution in [0, 0.1) is 0 Å². The molecule has 106 valence electrons. The molecule has 0 heterocycles. The Balaban J connectivity index is 1.98. The molecule has 0 aliphatic heterocycles. The lowest BCUT2D eigenvalue weighted by atomic mass is 9.97. The second kappa shape index (κ2) is 5.95. The third-order valence-electron chi connectivity index (χ3n) is 3.82. The van der Waals surface area contributed by atoms with Crippen molar-refractivity contribution in [3.05, 3.63) is 29.8 Å². The van der Waals surface area contributed by atoms with Gasteiger partial charge in [0.2, 0.25) is 0 Å². The lowest BCUT2D eigenvalue weighted by Crippen LogP contribution is -2.33. The molecule has 0 saturated heterocycles. The number of aryl methyl sites for hydroxylation is 1. The van der Waals surface area contributed by atoms with E-state index in [4.69, 9.17) is 4.74 Å². The minimum absolute atomic E-state index is 0.0287. The van der Waals surface area contributed by atoms with Crippen molar-refractivity contribution in [1.29, 1.82) is 0 Å². The van der Waals surface area contributed by atoms with Crippen molar-refractivity contribution in [3.63, 3.8) is 0 Å². The minimum atomic E-state index is -2.94. The van der Waals surface area contributed by atoms with Crippen LogP contribution in [0.5, 0.6) is 5.75 Å². The van der Waals surface area contributed by atoms with E-state index in [-0.39, 0.29) is 11.4 Å². The summed E-state index contributed by atoms with van der Waals surface area (Å²) in [6.07, 6.45) is 5.63. The number of rotatable bonds is 4. The molecule has 0 N–H and O–H groups in total. The zero-order valence-corrected chi connectivity index (χ0v) is 12.4. The fourth-order valence-corrected chi connectivity index (χ4v) is 3.75. The number of ether oxygens (including phenoxy) is 1. The van der Waals surface area contributed by atoms with E-state index in [0.29, 0.717) is 6.42 Å². The largest absolute Gasteiger partial charge is 0.490 e. The quantitative estimate of drug-likeness (QED) is 0.852. The summed E-state index contributed by atoms with van der Waals surface area (Å²) in [5, 5.41) is -0.235. The third-order valence-corrected chi connectivity index (χ3v) is 5.46. The standard InChI is InChI=1S/C15H22O3S/c1-3-12-7-9-13(10-8-12)18-14-5-4-6-15(11-14)19(2,16)17/h7-10,14-15H,3-6,11H2,1-2H3. The van der Waals surface area contributed by atoms with Gasteiger partial charge < -0.3 is 4.74 Å². The Labute approximate surface area is 115 Å². The summed E-state index contributed by atoms with van der Waals surface area (Å²) in [4.78, 5) is 0. The third kappa shape index (κ3) is 3.96. The van der Waals surface area contributed by atoms with Crippen LogP contribution < -0.4 is 4.74 Å². The van der Waals surface area contributed by atoms with E-state index in [1.54, 1.807) is 0 Å². The molecule has 19 heavy (non-hydrogen) atoms. The average Bonchev–Trinajstić information content (AvgIpc) is 2.39. The Morgan fingerprint density at radius 2 is 1.89 bits per heavy atom. The van der Waals surface area contributed by atoms with Gasteiger partial charge in [-0.1, -0.05) is 19.1 Å². The van der Waals surface area contributed by atoms with E-state index >= 15 is 0 Å². The highest BCUT2D eigenvalue weighted by molar-refractivity contribution is 7.91. The van der Waals surface area contributed by atoms with Gasteiger partial charge in [0, 0.05) is 12.7 Å². The fraction of sp³-hybridized carbons (Fsp3) is 0.600. The van der Waals surface area contributed by atoms with Crippen LogP contribution in [0.4, 0.5) is 0 Å². The van der Waals surface area contributed by atoms with Crippen LogP contribution in [0.15, 0.2) is 24.3 Å². The maximum Gasteiger partial charge on any atom is 0.150 e. The highest BCUT2D eigenvalue weighted by Gasteiger charge is 2.29. The van der Waals surface area contributed by atoms with Crippen molar-refractivity contribution in [3.8, 4) is 5.75 Å². The molecule has 2 rings (SSSR count). The Bertz CT molecular complexity index is 505. The number of sulfone groups is 1. The zero-order chi connectivity index (χ0) is 13.9. The second-order valence-electron chi connectivity index (χ2n) is 5.36. The maximum absolute atomic E-state index is 11.6. The van der Waals surface area contributed by atoms with E-state index < -0.39 is 9.84 Å². The van der Waals surface area contributed by atoms with Crippen molar-refractivity contribution in [2.45, 2.75) is 50.4 Å². The Morgan fingerprint density at radius 3 is 2.47 bits per heavy atom. The molecule has 0 bridgehead atoms. The predicted molar refractivity (Wildman–Crippen MR) is 77.3 cm³/mol. The molecular weight excluding hydrogens is 260 g/mol. The van der Waals surface area contributed by atoms with Crippen molar-refractivity contribution in [2.75, 3.05) is 6.26 Å². The normalized spacial score (nSPS) is 24.1. The molecule has 0 aromatic heterocycles. The fourth-order valence-electron chi connectivity index (χ4n) is 2.59. The van der Waals surface area contributed by atoms with Crippen LogP contribution in [0.25, 0.3) is 0 Å². The van der Waals surface area contributed by atoms with Gasteiger partial charge in [-0.3, -0.25) is 0 Å². The van der Waals surface area contributed by atoms with Crippen molar-refractivity contribution in [2.24, 2.45) is 0 Å². The zero-order valence-electron chi connectivity index (χ0n) is 11.6. The first-order valence-electron chi connectivity index (χ1n) is 6.93. The highest BCUT2D eigenvalue weighted by Crippen LogP contribution is 2.27. The molecule has 1 aromatic rings. The number of hydrogen-bond donors (Lipinski definition) is 0. The molecule has 1 saturated carbocycles. The van der Waals surface area contributed by atoms with E-state index in [2.05, 4.69) is 19.1 Å². The van der Waals surface area contributed by atoms with Crippen molar-refractivity contribution < 1.29 is 13.2 Å². The van der Waals surface area contributed by atoms with Crippen molar-refractivity contribution in [1.82, 2.24) is 0 Å². The number of hydrogen-bond acceptors (Lipinski definition) is 3. The first-order valence-corrected chi connectivity index (χ1v) is 8.89. The lowest BCUT2D eigenvalue weighted by Gasteiger charge is -2.28. The molecule has 2 atom stereocenters. The van der Waals surface area contributed by atoms with E-state index in [1.807, 2.05) is 12.1 Å². The average molecular weight is 282 g/mol.